The average molecular weight is 285 g/mol. The van der Waals surface area contributed by atoms with Crippen LogP contribution in [-0.4, -0.2) is 18.5 Å². The summed E-state index contributed by atoms with van der Waals surface area (Å²) in [6.45, 7) is 0.371. The minimum Gasteiger partial charge on any atom is -0.358 e. The Morgan fingerprint density at radius 2 is 2.19 bits per heavy atom. The molecule has 84 valence electrons. The van der Waals surface area contributed by atoms with Crippen molar-refractivity contribution >= 4 is 33.2 Å². The molecule has 1 aromatic rings. The van der Waals surface area contributed by atoms with Crippen LogP contribution in [0.5, 0.6) is 0 Å². The molecule has 2 aliphatic rings. The Morgan fingerprint density at radius 1 is 1.44 bits per heavy atom. The van der Waals surface area contributed by atoms with Gasteiger partial charge in [-0.1, -0.05) is 0 Å². The summed E-state index contributed by atoms with van der Waals surface area (Å²) in [6, 6.07) is 3.55. The van der Waals surface area contributed by atoms with Gasteiger partial charge in [0.15, 0.2) is 0 Å². The molecule has 3 nitrogen and oxygen atoms in total. The molecule has 0 atom stereocenters. The Labute approximate surface area is 101 Å². The largest absolute Gasteiger partial charge is 0.358 e. The zero-order chi connectivity index (χ0) is 11.3. The van der Waals surface area contributed by atoms with Crippen LogP contribution in [0.15, 0.2) is 16.6 Å². The van der Waals surface area contributed by atoms with Gasteiger partial charge in [0.1, 0.15) is 5.82 Å². The number of carbonyl (C=O) groups is 1. The molecule has 1 aromatic carbocycles. The summed E-state index contributed by atoms with van der Waals surface area (Å²) >= 11 is 3.17. The van der Waals surface area contributed by atoms with Gasteiger partial charge in [-0.05, 0) is 34.8 Å². The van der Waals surface area contributed by atoms with Gasteiger partial charge in [0.2, 0.25) is 5.91 Å². The molecule has 0 unspecified atom stereocenters. The lowest BCUT2D eigenvalue weighted by Gasteiger charge is -2.31. The van der Waals surface area contributed by atoms with Gasteiger partial charge in [0, 0.05) is 12.1 Å². The first kappa shape index (κ1) is 10.1. The molecular weight excluding hydrogens is 275 g/mol. The van der Waals surface area contributed by atoms with Crippen molar-refractivity contribution in [1.82, 2.24) is 0 Å². The van der Waals surface area contributed by atoms with E-state index in [1.54, 1.807) is 6.07 Å². The van der Waals surface area contributed by atoms with Crippen molar-refractivity contribution in [3.8, 4) is 0 Å². The van der Waals surface area contributed by atoms with Gasteiger partial charge >= 0.3 is 0 Å². The number of amides is 1. The first-order valence-corrected chi connectivity index (χ1v) is 6.00. The predicted octanol–water partition coefficient (Wildman–Crippen LogP) is 2.51. The first-order chi connectivity index (χ1) is 7.65. The van der Waals surface area contributed by atoms with Crippen LogP contribution in [0.2, 0.25) is 0 Å². The number of rotatable bonds is 1. The summed E-state index contributed by atoms with van der Waals surface area (Å²) in [5.41, 5.74) is 1.49. The topological polar surface area (TPSA) is 32.3 Å². The minimum absolute atomic E-state index is 0.0684. The lowest BCUT2D eigenvalue weighted by atomic mass is 10.2. The van der Waals surface area contributed by atoms with Crippen LogP contribution in [0.4, 0.5) is 15.8 Å². The van der Waals surface area contributed by atoms with E-state index >= 15 is 0 Å². The molecule has 0 aromatic heterocycles. The molecule has 5 heteroatoms. The van der Waals surface area contributed by atoms with Gasteiger partial charge in [-0.15, -0.1) is 0 Å². The number of hydrogen-bond acceptors (Lipinski definition) is 2. The summed E-state index contributed by atoms with van der Waals surface area (Å²) in [7, 11) is 0. The van der Waals surface area contributed by atoms with E-state index in [1.807, 2.05) is 0 Å². The lowest BCUT2D eigenvalue weighted by molar-refractivity contribution is -0.115. The third-order valence-corrected chi connectivity index (χ3v) is 3.53. The zero-order valence-electron chi connectivity index (χ0n) is 8.46. The summed E-state index contributed by atoms with van der Waals surface area (Å²) in [5.74, 6) is -0.419. The molecular formula is C11H10BrFN2O. The van der Waals surface area contributed by atoms with Crippen molar-refractivity contribution in [3.05, 3.63) is 22.4 Å². The van der Waals surface area contributed by atoms with Crippen molar-refractivity contribution in [2.45, 2.75) is 18.9 Å². The molecule has 1 heterocycles. The van der Waals surface area contributed by atoms with Crippen LogP contribution >= 0.6 is 15.9 Å². The monoisotopic (exact) mass is 284 g/mol. The van der Waals surface area contributed by atoms with Crippen molar-refractivity contribution in [1.29, 1.82) is 0 Å². The fourth-order valence-corrected chi connectivity index (χ4v) is 2.35. The maximum absolute atomic E-state index is 13.4. The van der Waals surface area contributed by atoms with Gasteiger partial charge in [0.25, 0.3) is 0 Å². The Morgan fingerprint density at radius 3 is 2.88 bits per heavy atom. The Hall–Kier alpha value is -1.10. The second kappa shape index (κ2) is 3.45. The SMILES string of the molecule is O=C1CN(C2CC2)c2cc(Br)c(F)cc2N1. The zero-order valence-corrected chi connectivity index (χ0v) is 10.1. The van der Waals surface area contributed by atoms with Gasteiger partial charge in [-0.2, -0.15) is 0 Å². The first-order valence-electron chi connectivity index (χ1n) is 5.20. The fourth-order valence-electron chi connectivity index (χ4n) is 2.02. The van der Waals surface area contributed by atoms with Crippen molar-refractivity contribution < 1.29 is 9.18 Å². The van der Waals surface area contributed by atoms with E-state index in [9.17, 15) is 9.18 Å². The molecule has 1 amide bonds. The van der Waals surface area contributed by atoms with Crippen LogP contribution in [0.1, 0.15) is 12.8 Å². The summed E-state index contributed by atoms with van der Waals surface area (Å²) in [6.07, 6.45) is 2.23. The summed E-state index contributed by atoms with van der Waals surface area (Å²) < 4.78 is 13.8. The van der Waals surface area contributed by atoms with Crippen molar-refractivity contribution in [2.75, 3.05) is 16.8 Å². The predicted molar refractivity (Wildman–Crippen MR) is 63.1 cm³/mol. The standard InChI is InChI=1S/C11H10BrFN2O/c12-7-3-10-9(4-8(7)13)14-11(16)5-15(10)6-1-2-6/h3-4,6H,1-2,5H2,(H,14,16). The third-order valence-electron chi connectivity index (χ3n) is 2.92. The molecule has 3 rings (SSSR count). The number of anilines is 2. The number of fused-ring (bicyclic) bond motifs is 1. The third kappa shape index (κ3) is 1.59. The molecule has 0 radical (unpaired) electrons. The Balaban J connectivity index is 2.09. The second-order valence-electron chi connectivity index (χ2n) is 4.19. The molecule has 0 spiro atoms. The van der Waals surface area contributed by atoms with E-state index in [0.717, 1.165) is 18.5 Å². The molecule has 1 N–H and O–H groups in total. The van der Waals surface area contributed by atoms with E-state index in [2.05, 4.69) is 26.1 Å². The van der Waals surface area contributed by atoms with Crippen LogP contribution in [0.3, 0.4) is 0 Å². The van der Waals surface area contributed by atoms with Gasteiger partial charge in [0.05, 0.1) is 22.4 Å². The highest BCUT2D eigenvalue weighted by Gasteiger charge is 2.34. The van der Waals surface area contributed by atoms with E-state index in [4.69, 9.17) is 0 Å². The maximum Gasteiger partial charge on any atom is 0.243 e. The fraction of sp³-hybridized carbons (Fsp3) is 0.364. The average Bonchev–Trinajstić information content (AvgIpc) is 3.03. The molecule has 0 saturated heterocycles. The number of carbonyl (C=O) groups excluding carboxylic acids is 1. The number of nitrogens with zero attached hydrogens (tertiary/aromatic N) is 1. The quantitative estimate of drug-likeness (QED) is 0.860. The van der Waals surface area contributed by atoms with E-state index in [0.29, 0.717) is 22.7 Å². The van der Waals surface area contributed by atoms with Gasteiger partial charge in [-0.3, -0.25) is 4.79 Å². The second-order valence-corrected chi connectivity index (χ2v) is 5.05. The summed E-state index contributed by atoms with van der Waals surface area (Å²) in [5, 5.41) is 2.70. The van der Waals surface area contributed by atoms with Crippen LogP contribution < -0.4 is 10.2 Å². The number of nitrogens with one attached hydrogen (secondary N) is 1. The van der Waals surface area contributed by atoms with Gasteiger partial charge < -0.3 is 10.2 Å². The number of hydrogen-bond donors (Lipinski definition) is 1. The molecule has 1 aliphatic carbocycles. The van der Waals surface area contributed by atoms with E-state index in [1.165, 1.54) is 6.07 Å². The van der Waals surface area contributed by atoms with E-state index < -0.39 is 0 Å². The van der Waals surface area contributed by atoms with Crippen LogP contribution in [0, 0.1) is 5.82 Å². The molecule has 1 aliphatic heterocycles. The van der Waals surface area contributed by atoms with Crippen LogP contribution in [0.25, 0.3) is 0 Å². The normalized spacial score (nSPS) is 19.4. The van der Waals surface area contributed by atoms with Gasteiger partial charge in [-0.25, -0.2) is 4.39 Å². The maximum atomic E-state index is 13.4. The molecule has 1 saturated carbocycles. The molecule has 1 fully saturated rings. The lowest BCUT2D eigenvalue weighted by Crippen LogP contribution is -2.39. The van der Waals surface area contributed by atoms with Crippen molar-refractivity contribution in [2.24, 2.45) is 0 Å². The molecule has 0 bridgehead atoms. The van der Waals surface area contributed by atoms with Crippen molar-refractivity contribution in [3.63, 3.8) is 0 Å². The smallest absolute Gasteiger partial charge is 0.243 e. The van der Waals surface area contributed by atoms with Crippen LogP contribution in [-0.2, 0) is 4.79 Å². The highest BCUT2D eigenvalue weighted by atomic mass is 79.9. The van der Waals surface area contributed by atoms with E-state index in [-0.39, 0.29) is 11.7 Å². The minimum atomic E-state index is -0.350. The Kier molecular flexibility index (Phi) is 2.17. The molecule has 16 heavy (non-hydrogen) atoms. The highest BCUT2D eigenvalue weighted by molar-refractivity contribution is 9.10. The highest BCUT2D eigenvalue weighted by Crippen LogP contribution is 2.40. The Bertz CT molecular complexity index is 473. The summed E-state index contributed by atoms with van der Waals surface area (Å²) in [4.78, 5) is 13.5. The number of halogens is 2. The number of benzene rings is 1.